The lowest BCUT2D eigenvalue weighted by Gasteiger charge is -2.22. The Morgan fingerprint density at radius 2 is 1.85 bits per heavy atom. The Bertz CT molecular complexity index is 759. The van der Waals surface area contributed by atoms with E-state index in [0.29, 0.717) is 18.7 Å². The Morgan fingerprint density at radius 1 is 1.12 bits per heavy atom. The number of nitrogens with one attached hydrogen (secondary N) is 2. The molecular formula is C20H25ClN4O. The summed E-state index contributed by atoms with van der Waals surface area (Å²) in [5.41, 5.74) is 2.84. The molecule has 6 heteroatoms. The predicted molar refractivity (Wildman–Crippen MR) is 108 cm³/mol. The minimum Gasteiger partial charge on any atom is -0.352 e. The molecule has 0 saturated heterocycles. The van der Waals surface area contributed by atoms with Crippen LogP contribution in [0.2, 0.25) is 5.02 Å². The van der Waals surface area contributed by atoms with Crippen molar-refractivity contribution < 1.29 is 4.79 Å². The van der Waals surface area contributed by atoms with E-state index in [1.165, 1.54) is 0 Å². The zero-order valence-corrected chi connectivity index (χ0v) is 16.2. The van der Waals surface area contributed by atoms with E-state index in [2.05, 4.69) is 15.6 Å². The number of guanidine groups is 1. The van der Waals surface area contributed by atoms with E-state index in [1.807, 2.05) is 67.4 Å². The summed E-state index contributed by atoms with van der Waals surface area (Å²) in [6.45, 7) is 3.83. The van der Waals surface area contributed by atoms with Gasteiger partial charge >= 0.3 is 0 Å². The number of carbonyl (C=O) groups is 1. The number of rotatable bonds is 6. The third-order valence-electron chi connectivity index (χ3n) is 3.88. The first-order chi connectivity index (χ1) is 12.5. The largest absolute Gasteiger partial charge is 0.352 e. The Kier molecular flexibility index (Phi) is 7.48. The lowest BCUT2D eigenvalue weighted by Crippen LogP contribution is -2.38. The second-order valence-corrected chi connectivity index (χ2v) is 6.38. The third kappa shape index (κ3) is 5.77. The molecule has 0 aliphatic carbocycles. The lowest BCUT2D eigenvalue weighted by molar-refractivity contribution is 0.0955. The molecule has 0 radical (unpaired) electrons. The molecule has 0 aliphatic heterocycles. The van der Waals surface area contributed by atoms with Crippen LogP contribution in [0.25, 0.3) is 0 Å². The van der Waals surface area contributed by atoms with Crippen molar-refractivity contribution in [1.82, 2.24) is 15.5 Å². The zero-order valence-electron chi connectivity index (χ0n) is 15.4. The number of aliphatic imine (C=N–C) groups is 1. The topological polar surface area (TPSA) is 56.7 Å². The van der Waals surface area contributed by atoms with Gasteiger partial charge in [-0.3, -0.25) is 9.79 Å². The highest BCUT2D eigenvalue weighted by Gasteiger charge is 2.08. The van der Waals surface area contributed by atoms with Gasteiger partial charge in [-0.05, 0) is 42.3 Å². The van der Waals surface area contributed by atoms with Crippen molar-refractivity contribution >= 4 is 23.5 Å². The van der Waals surface area contributed by atoms with Gasteiger partial charge in [-0.1, -0.05) is 35.9 Å². The van der Waals surface area contributed by atoms with Gasteiger partial charge in [0.2, 0.25) is 0 Å². The summed E-state index contributed by atoms with van der Waals surface area (Å²) in [6, 6.07) is 15.4. The standard InChI is InChI=1S/C20H25ClN4O/c1-4-23-19(26)17-7-5-6-16(12-17)13-24-20(22-2)25(3)14-15-8-10-18(21)11-9-15/h5-12H,4,13-14H2,1-3H3,(H,22,24)(H,23,26). The van der Waals surface area contributed by atoms with Gasteiger partial charge in [0.15, 0.2) is 5.96 Å². The summed E-state index contributed by atoms with van der Waals surface area (Å²) in [5.74, 6) is 0.724. The molecule has 0 aromatic heterocycles. The third-order valence-corrected chi connectivity index (χ3v) is 4.14. The molecule has 2 aromatic rings. The number of amides is 1. The molecule has 0 bridgehead atoms. The van der Waals surface area contributed by atoms with Crippen molar-refractivity contribution in [3.63, 3.8) is 0 Å². The van der Waals surface area contributed by atoms with E-state index in [9.17, 15) is 4.79 Å². The predicted octanol–water partition coefficient (Wildman–Crippen LogP) is 3.30. The van der Waals surface area contributed by atoms with Crippen molar-refractivity contribution in [1.29, 1.82) is 0 Å². The average molecular weight is 373 g/mol. The monoisotopic (exact) mass is 372 g/mol. The Morgan fingerprint density at radius 3 is 2.50 bits per heavy atom. The van der Waals surface area contributed by atoms with E-state index >= 15 is 0 Å². The van der Waals surface area contributed by atoms with Crippen LogP contribution in [0.4, 0.5) is 0 Å². The van der Waals surface area contributed by atoms with Crippen LogP contribution in [-0.4, -0.2) is 37.4 Å². The first-order valence-electron chi connectivity index (χ1n) is 8.57. The minimum absolute atomic E-state index is 0.0569. The number of carbonyl (C=O) groups excluding carboxylic acids is 1. The van der Waals surface area contributed by atoms with Crippen LogP contribution in [0.1, 0.15) is 28.4 Å². The molecule has 2 N–H and O–H groups in total. The van der Waals surface area contributed by atoms with Crippen LogP contribution in [0.3, 0.4) is 0 Å². The summed E-state index contributed by atoms with van der Waals surface area (Å²) in [7, 11) is 3.74. The van der Waals surface area contributed by atoms with Gasteiger partial charge in [-0.25, -0.2) is 0 Å². The molecule has 5 nitrogen and oxygen atoms in total. The second-order valence-electron chi connectivity index (χ2n) is 5.94. The number of hydrogen-bond acceptors (Lipinski definition) is 2. The molecule has 1 amide bonds. The molecule has 138 valence electrons. The first-order valence-corrected chi connectivity index (χ1v) is 8.94. The van der Waals surface area contributed by atoms with Gasteiger partial charge in [0.25, 0.3) is 5.91 Å². The maximum atomic E-state index is 12.0. The van der Waals surface area contributed by atoms with Gasteiger partial charge < -0.3 is 15.5 Å². The van der Waals surface area contributed by atoms with Crippen LogP contribution >= 0.6 is 11.6 Å². The van der Waals surface area contributed by atoms with Crippen molar-refractivity contribution in [3.8, 4) is 0 Å². The molecule has 0 heterocycles. The summed E-state index contributed by atoms with van der Waals surface area (Å²) in [6.07, 6.45) is 0. The first kappa shape index (κ1) is 19.8. The van der Waals surface area contributed by atoms with Crippen LogP contribution in [0, 0.1) is 0 Å². The van der Waals surface area contributed by atoms with Gasteiger partial charge in [0.05, 0.1) is 0 Å². The fraction of sp³-hybridized carbons (Fsp3) is 0.300. The normalized spacial score (nSPS) is 11.2. The van der Waals surface area contributed by atoms with E-state index < -0.39 is 0 Å². The molecule has 2 rings (SSSR count). The Balaban J connectivity index is 1.97. The van der Waals surface area contributed by atoms with Crippen molar-refractivity contribution in [2.24, 2.45) is 4.99 Å². The Labute approximate surface area is 160 Å². The van der Waals surface area contributed by atoms with Crippen LogP contribution in [0.15, 0.2) is 53.5 Å². The number of halogens is 1. The molecule has 0 fully saturated rings. The molecular weight excluding hydrogens is 348 g/mol. The highest BCUT2D eigenvalue weighted by Crippen LogP contribution is 2.11. The summed E-state index contributed by atoms with van der Waals surface area (Å²) >= 11 is 5.93. The zero-order chi connectivity index (χ0) is 18.9. The molecule has 0 spiro atoms. The van der Waals surface area contributed by atoms with Crippen LogP contribution < -0.4 is 10.6 Å². The highest BCUT2D eigenvalue weighted by molar-refractivity contribution is 6.30. The minimum atomic E-state index is -0.0569. The van der Waals surface area contributed by atoms with Gasteiger partial charge in [-0.15, -0.1) is 0 Å². The fourth-order valence-electron chi connectivity index (χ4n) is 2.59. The van der Waals surface area contributed by atoms with Gasteiger partial charge in [0.1, 0.15) is 0 Å². The van der Waals surface area contributed by atoms with Crippen molar-refractivity contribution in [3.05, 3.63) is 70.2 Å². The summed E-state index contributed by atoms with van der Waals surface area (Å²) in [4.78, 5) is 18.3. The van der Waals surface area contributed by atoms with E-state index in [0.717, 1.165) is 28.7 Å². The Hall–Kier alpha value is -2.53. The number of nitrogens with zero attached hydrogens (tertiary/aromatic N) is 2. The molecule has 0 atom stereocenters. The summed E-state index contributed by atoms with van der Waals surface area (Å²) in [5, 5.41) is 6.87. The SMILES string of the molecule is CCNC(=O)c1cccc(CNC(=NC)N(C)Cc2ccc(Cl)cc2)c1. The quantitative estimate of drug-likeness (QED) is 0.604. The van der Waals surface area contributed by atoms with Crippen LogP contribution in [0.5, 0.6) is 0 Å². The average Bonchev–Trinajstić information content (AvgIpc) is 2.64. The smallest absolute Gasteiger partial charge is 0.251 e. The van der Waals surface area contributed by atoms with E-state index in [4.69, 9.17) is 11.6 Å². The fourth-order valence-corrected chi connectivity index (χ4v) is 2.72. The van der Waals surface area contributed by atoms with Gasteiger partial charge in [-0.2, -0.15) is 0 Å². The molecule has 0 aliphatic rings. The molecule has 26 heavy (non-hydrogen) atoms. The number of hydrogen-bond donors (Lipinski definition) is 2. The maximum Gasteiger partial charge on any atom is 0.251 e. The summed E-state index contributed by atoms with van der Waals surface area (Å²) < 4.78 is 0. The highest BCUT2D eigenvalue weighted by atomic mass is 35.5. The van der Waals surface area contributed by atoms with Crippen molar-refractivity contribution in [2.75, 3.05) is 20.6 Å². The lowest BCUT2D eigenvalue weighted by atomic mass is 10.1. The number of benzene rings is 2. The van der Waals surface area contributed by atoms with Crippen LogP contribution in [-0.2, 0) is 13.1 Å². The molecule has 0 saturated carbocycles. The molecule has 0 unspecified atom stereocenters. The van der Waals surface area contributed by atoms with Crippen molar-refractivity contribution in [2.45, 2.75) is 20.0 Å². The van der Waals surface area contributed by atoms with E-state index in [1.54, 1.807) is 7.05 Å². The maximum absolute atomic E-state index is 12.0. The second kappa shape index (κ2) is 9.82. The molecule has 2 aromatic carbocycles. The van der Waals surface area contributed by atoms with E-state index in [-0.39, 0.29) is 5.91 Å². The van der Waals surface area contributed by atoms with Gasteiger partial charge in [0, 0.05) is 44.3 Å².